The van der Waals surface area contributed by atoms with E-state index in [4.69, 9.17) is 0 Å². The summed E-state index contributed by atoms with van der Waals surface area (Å²) in [5, 5.41) is 2.81. The molecule has 0 atom stereocenters. The normalized spacial score (nSPS) is 13.2. The number of carbonyl (C=O) groups excluding carboxylic acids is 4. The van der Waals surface area contributed by atoms with Crippen molar-refractivity contribution in [3.8, 4) is 0 Å². The smallest absolute Gasteiger partial charge is 0.236 e. The van der Waals surface area contributed by atoms with E-state index in [0.717, 1.165) is 108 Å². The zero-order chi connectivity index (χ0) is 26.9. The predicted octanol–water partition coefficient (Wildman–Crippen LogP) is 7.63. The van der Waals surface area contributed by atoms with Crippen molar-refractivity contribution in [3.63, 3.8) is 0 Å². The molecule has 1 heterocycles. The largest absolute Gasteiger partial charge is 0.356 e. The first-order chi connectivity index (χ1) is 17.5. The lowest BCUT2D eigenvalue weighted by atomic mass is 10.1. The van der Waals surface area contributed by atoms with Crippen LogP contribution in [-0.4, -0.2) is 35.1 Å². The van der Waals surface area contributed by atoms with Crippen molar-refractivity contribution in [2.75, 3.05) is 6.54 Å². The van der Waals surface area contributed by atoms with Crippen LogP contribution in [0.25, 0.3) is 0 Å². The van der Waals surface area contributed by atoms with Crippen LogP contribution in [0.5, 0.6) is 0 Å². The lowest BCUT2D eigenvalue weighted by molar-refractivity contribution is -0.154. The van der Waals surface area contributed by atoms with E-state index in [2.05, 4.69) is 26.1 Å². The molecule has 6 nitrogen and oxygen atoms in total. The first-order valence-corrected chi connectivity index (χ1v) is 15.1. The van der Waals surface area contributed by atoms with E-state index in [0.29, 0.717) is 19.3 Å². The lowest BCUT2D eigenvalue weighted by Crippen LogP contribution is -2.41. The molecular weight excluding hydrogens is 452 g/mol. The summed E-state index contributed by atoms with van der Waals surface area (Å²) >= 11 is 0. The molecule has 0 aromatic rings. The average molecular weight is 509 g/mol. The minimum absolute atomic E-state index is 0.225. The molecule has 0 unspecified atom stereocenters. The predicted molar refractivity (Wildman–Crippen MR) is 148 cm³/mol. The summed E-state index contributed by atoms with van der Waals surface area (Å²) in [5.41, 5.74) is 0. The minimum Gasteiger partial charge on any atom is -0.356 e. The van der Waals surface area contributed by atoms with Crippen LogP contribution in [0.15, 0.2) is 0 Å². The van der Waals surface area contributed by atoms with E-state index in [1.54, 1.807) is 0 Å². The molecule has 0 aromatic heterocycles. The Kier molecular flexibility index (Phi) is 23.8. The fourth-order valence-corrected chi connectivity index (χ4v) is 4.30. The van der Waals surface area contributed by atoms with Crippen LogP contribution in [0.3, 0.4) is 0 Å². The van der Waals surface area contributed by atoms with Crippen LogP contribution in [0, 0.1) is 0 Å². The van der Waals surface area contributed by atoms with Crippen LogP contribution in [0.1, 0.15) is 162 Å². The molecule has 36 heavy (non-hydrogen) atoms. The Morgan fingerprint density at radius 2 is 0.972 bits per heavy atom. The highest BCUT2D eigenvalue weighted by Gasteiger charge is 2.26. The molecule has 0 spiro atoms. The van der Waals surface area contributed by atoms with Gasteiger partial charge in [0, 0.05) is 32.2 Å². The standard InChI is InChI=1S/C24H45NO3.C6H11NO/c1-4-7-10-13-16-19-22(26)25(23(27)20-17-14-11-8-5-2)24(28)21-18-15-12-9-6-3;8-6-4-2-1-3-5-7-6/h4-21H2,1-3H3;1-5H2,(H,7,8). The number of carbonyl (C=O) groups is 4. The Morgan fingerprint density at radius 1 is 0.583 bits per heavy atom. The van der Waals surface area contributed by atoms with Crippen molar-refractivity contribution in [3.05, 3.63) is 0 Å². The Morgan fingerprint density at radius 3 is 1.36 bits per heavy atom. The van der Waals surface area contributed by atoms with Crippen molar-refractivity contribution in [2.24, 2.45) is 0 Å². The van der Waals surface area contributed by atoms with Gasteiger partial charge in [0.05, 0.1) is 0 Å². The maximum atomic E-state index is 12.6. The first-order valence-electron chi connectivity index (χ1n) is 15.1. The van der Waals surface area contributed by atoms with Gasteiger partial charge in [0.1, 0.15) is 0 Å². The van der Waals surface area contributed by atoms with E-state index < -0.39 is 0 Å². The molecule has 0 aromatic carbocycles. The number of amides is 4. The van der Waals surface area contributed by atoms with Gasteiger partial charge in [-0.15, -0.1) is 0 Å². The zero-order valence-electron chi connectivity index (χ0n) is 23.8. The summed E-state index contributed by atoms with van der Waals surface area (Å²) in [6.45, 7) is 7.36. The molecule has 210 valence electrons. The molecular formula is C30H56N2O4. The molecule has 1 saturated heterocycles. The fourth-order valence-electron chi connectivity index (χ4n) is 4.30. The lowest BCUT2D eigenvalue weighted by Gasteiger charge is -2.19. The first kappa shape index (κ1) is 34.3. The van der Waals surface area contributed by atoms with Gasteiger partial charge in [0.25, 0.3) is 0 Å². The maximum Gasteiger partial charge on any atom is 0.236 e. The maximum absolute atomic E-state index is 12.6. The summed E-state index contributed by atoms with van der Waals surface area (Å²) in [4.78, 5) is 49.4. The summed E-state index contributed by atoms with van der Waals surface area (Å²) in [6.07, 6.45) is 20.7. The van der Waals surface area contributed by atoms with Crippen LogP contribution in [0.4, 0.5) is 0 Å². The SMILES string of the molecule is CCCCCCCC(=O)N(C(=O)CCCCCCC)C(=O)CCCCCCC.O=C1CCCCCN1. The molecule has 0 saturated carbocycles. The average Bonchev–Trinajstić information content (AvgIpc) is 3.11. The van der Waals surface area contributed by atoms with Crippen LogP contribution in [-0.2, 0) is 19.2 Å². The number of rotatable bonds is 18. The number of nitrogens with zero attached hydrogens (tertiary/aromatic N) is 1. The number of unbranched alkanes of at least 4 members (excludes halogenated alkanes) is 12. The number of hydrogen-bond donors (Lipinski definition) is 1. The Labute approximate surface area is 221 Å². The summed E-state index contributed by atoms with van der Waals surface area (Å²) in [6, 6.07) is 0. The van der Waals surface area contributed by atoms with Gasteiger partial charge in [-0.3, -0.25) is 19.2 Å². The quantitative estimate of drug-likeness (QED) is 0.193. The second-order valence-electron chi connectivity index (χ2n) is 10.2. The Bertz CT molecular complexity index is 520. The molecule has 0 bridgehead atoms. The fraction of sp³-hybridized carbons (Fsp3) is 0.867. The van der Waals surface area contributed by atoms with Crippen LogP contribution >= 0.6 is 0 Å². The molecule has 1 N–H and O–H groups in total. The van der Waals surface area contributed by atoms with E-state index in [1.165, 1.54) is 25.7 Å². The highest BCUT2D eigenvalue weighted by atomic mass is 16.2. The molecule has 4 amide bonds. The number of nitrogens with one attached hydrogen (secondary N) is 1. The molecule has 1 fully saturated rings. The van der Waals surface area contributed by atoms with Crippen molar-refractivity contribution in [2.45, 2.75) is 162 Å². The molecule has 0 radical (unpaired) electrons. The highest BCUT2D eigenvalue weighted by molar-refractivity contribution is 6.10. The van der Waals surface area contributed by atoms with Gasteiger partial charge in [0.15, 0.2) is 0 Å². The zero-order valence-corrected chi connectivity index (χ0v) is 23.8. The topological polar surface area (TPSA) is 83.6 Å². The summed E-state index contributed by atoms with van der Waals surface area (Å²) in [7, 11) is 0. The third kappa shape index (κ3) is 19.5. The van der Waals surface area contributed by atoms with E-state index in [9.17, 15) is 19.2 Å². The second kappa shape index (κ2) is 25.0. The van der Waals surface area contributed by atoms with Gasteiger partial charge in [-0.05, 0) is 32.1 Å². The van der Waals surface area contributed by atoms with Crippen LogP contribution < -0.4 is 5.32 Å². The summed E-state index contributed by atoms with van der Waals surface area (Å²) < 4.78 is 0. The molecule has 1 rings (SSSR count). The Hall–Kier alpha value is -1.72. The van der Waals surface area contributed by atoms with Gasteiger partial charge in [-0.25, -0.2) is 4.90 Å². The van der Waals surface area contributed by atoms with Crippen molar-refractivity contribution in [1.82, 2.24) is 10.2 Å². The second-order valence-corrected chi connectivity index (χ2v) is 10.2. The number of hydrogen-bond acceptors (Lipinski definition) is 4. The van der Waals surface area contributed by atoms with Gasteiger partial charge in [-0.1, -0.05) is 104 Å². The molecule has 1 aliphatic rings. The monoisotopic (exact) mass is 508 g/mol. The highest BCUT2D eigenvalue weighted by Crippen LogP contribution is 2.14. The summed E-state index contributed by atoms with van der Waals surface area (Å²) in [5.74, 6) is -0.627. The Balaban J connectivity index is 0.00000128. The number of imide groups is 3. The van der Waals surface area contributed by atoms with E-state index in [1.807, 2.05) is 0 Å². The van der Waals surface area contributed by atoms with Gasteiger partial charge in [0.2, 0.25) is 23.6 Å². The van der Waals surface area contributed by atoms with Crippen molar-refractivity contribution in [1.29, 1.82) is 0 Å². The molecule has 1 aliphatic heterocycles. The van der Waals surface area contributed by atoms with Gasteiger partial charge >= 0.3 is 0 Å². The molecule has 0 aliphatic carbocycles. The minimum atomic E-state index is -0.284. The van der Waals surface area contributed by atoms with Gasteiger partial charge < -0.3 is 5.32 Å². The van der Waals surface area contributed by atoms with Gasteiger partial charge in [-0.2, -0.15) is 0 Å². The van der Waals surface area contributed by atoms with E-state index >= 15 is 0 Å². The van der Waals surface area contributed by atoms with Crippen molar-refractivity contribution < 1.29 is 19.2 Å². The third-order valence-corrected chi connectivity index (χ3v) is 6.63. The van der Waals surface area contributed by atoms with Crippen molar-refractivity contribution >= 4 is 23.6 Å². The van der Waals surface area contributed by atoms with Crippen LogP contribution in [0.2, 0.25) is 0 Å². The van der Waals surface area contributed by atoms with E-state index in [-0.39, 0.29) is 23.6 Å². The molecule has 6 heteroatoms. The third-order valence-electron chi connectivity index (χ3n) is 6.63.